The minimum absolute atomic E-state index is 0.0358. The molecule has 1 aliphatic heterocycles. The van der Waals surface area contributed by atoms with E-state index in [9.17, 15) is 4.79 Å². The summed E-state index contributed by atoms with van der Waals surface area (Å²) in [7, 11) is 1.48. The first-order valence-corrected chi connectivity index (χ1v) is 8.91. The second-order valence-corrected chi connectivity index (χ2v) is 6.80. The molecule has 4 heteroatoms. The molecule has 3 rings (SSSR count). The highest BCUT2D eigenvalue weighted by molar-refractivity contribution is 5.70. The number of hydrogen-bond donors (Lipinski definition) is 0. The third kappa shape index (κ3) is 3.64. The maximum Gasteiger partial charge on any atom is 0.410 e. The van der Waals surface area contributed by atoms with Crippen molar-refractivity contribution in [3.63, 3.8) is 0 Å². The van der Waals surface area contributed by atoms with Gasteiger partial charge in [-0.1, -0.05) is 55.3 Å². The second-order valence-electron chi connectivity index (χ2n) is 6.80. The Kier molecular flexibility index (Phi) is 5.56. The average Bonchev–Trinajstić information content (AvgIpc) is 3.07. The van der Waals surface area contributed by atoms with E-state index in [1.165, 1.54) is 25.5 Å². The van der Waals surface area contributed by atoms with Gasteiger partial charge < -0.3 is 9.47 Å². The van der Waals surface area contributed by atoms with Crippen molar-refractivity contribution in [2.24, 2.45) is 0 Å². The van der Waals surface area contributed by atoms with Crippen molar-refractivity contribution in [3.05, 3.63) is 48.0 Å². The van der Waals surface area contributed by atoms with Crippen LogP contribution >= 0.6 is 0 Å². The van der Waals surface area contributed by atoms with Crippen molar-refractivity contribution in [3.8, 4) is 0 Å². The number of nitrogens with zero attached hydrogens (tertiary/aromatic N) is 1. The van der Waals surface area contributed by atoms with E-state index in [4.69, 9.17) is 9.47 Å². The molecule has 1 heterocycles. The Bertz CT molecular complexity index is 564. The van der Waals surface area contributed by atoms with Crippen LogP contribution < -0.4 is 0 Å². The molecule has 0 aromatic heterocycles. The van der Waals surface area contributed by atoms with Crippen LogP contribution in [0.1, 0.15) is 44.1 Å². The van der Waals surface area contributed by atoms with Crippen LogP contribution in [0.2, 0.25) is 0 Å². The lowest BCUT2D eigenvalue weighted by Gasteiger charge is -2.46. The predicted molar refractivity (Wildman–Crippen MR) is 93.7 cm³/mol. The summed E-state index contributed by atoms with van der Waals surface area (Å²) in [5.74, 6) is 0. The summed E-state index contributed by atoms with van der Waals surface area (Å²) in [4.78, 5) is 14.4. The molecule has 130 valence electrons. The highest BCUT2D eigenvalue weighted by Crippen LogP contribution is 2.42. The first kappa shape index (κ1) is 17.0. The Balaban J connectivity index is 1.59. The quantitative estimate of drug-likeness (QED) is 0.597. The van der Waals surface area contributed by atoms with Gasteiger partial charge in [-0.2, -0.15) is 0 Å². The molecule has 2 aliphatic rings. The zero-order valence-corrected chi connectivity index (χ0v) is 14.4. The lowest BCUT2D eigenvalue weighted by molar-refractivity contribution is 0.0278. The third-order valence-corrected chi connectivity index (χ3v) is 5.27. The molecule has 0 unspecified atom stereocenters. The molecule has 0 saturated heterocycles. The Morgan fingerprint density at radius 3 is 2.71 bits per heavy atom. The van der Waals surface area contributed by atoms with Gasteiger partial charge in [0.05, 0.1) is 25.3 Å². The lowest BCUT2D eigenvalue weighted by Crippen LogP contribution is -2.56. The number of carbonyl (C=O) groups excluding carboxylic acids is 1. The molecule has 1 aromatic carbocycles. The molecule has 0 radical (unpaired) electrons. The zero-order valence-electron chi connectivity index (χ0n) is 14.4. The molecule has 4 nitrogen and oxygen atoms in total. The molecule has 1 fully saturated rings. The number of methoxy groups -OCH3 is 1. The van der Waals surface area contributed by atoms with E-state index < -0.39 is 0 Å². The van der Waals surface area contributed by atoms with Crippen molar-refractivity contribution in [2.45, 2.75) is 56.7 Å². The maximum atomic E-state index is 12.4. The number of amides is 1. The molecule has 0 bridgehead atoms. The largest absolute Gasteiger partial charge is 0.453 e. The summed E-state index contributed by atoms with van der Waals surface area (Å²) in [5.41, 5.74) is 1.14. The van der Waals surface area contributed by atoms with Gasteiger partial charge in [-0.05, 0) is 31.2 Å². The van der Waals surface area contributed by atoms with Crippen molar-refractivity contribution < 1.29 is 14.3 Å². The van der Waals surface area contributed by atoms with Gasteiger partial charge in [0, 0.05) is 6.61 Å². The Morgan fingerprint density at radius 2 is 2.00 bits per heavy atom. The molecule has 1 spiro atoms. The van der Waals surface area contributed by atoms with E-state index in [-0.39, 0.29) is 17.7 Å². The molecule has 1 aliphatic carbocycles. The van der Waals surface area contributed by atoms with Crippen LogP contribution in [0.3, 0.4) is 0 Å². The fourth-order valence-corrected chi connectivity index (χ4v) is 4.08. The van der Waals surface area contributed by atoms with Gasteiger partial charge in [-0.15, -0.1) is 0 Å². The predicted octanol–water partition coefficient (Wildman–Crippen LogP) is 4.30. The fraction of sp³-hybridized carbons (Fsp3) is 0.550. The minimum Gasteiger partial charge on any atom is -0.453 e. The van der Waals surface area contributed by atoms with Gasteiger partial charge in [0.25, 0.3) is 0 Å². The van der Waals surface area contributed by atoms with Gasteiger partial charge in [0.1, 0.15) is 0 Å². The van der Waals surface area contributed by atoms with Gasteiger partial charge in [0.2, 0.25) is 0 Å². The molecule has 1 amide bonds. The van der Waals surface area contributed by atoms with Gasteiger partial charge in [-0.3, -0.25) is 4.90 Å². The lowest BCUT2D eigenvalue weighted by atomic mass is 9.85. The van der Waals surface area contributed by atoms with Crippen LogP contribution in [0.25, 0.3) is 0 Å². The number of carbonyl (C=O) groups is 1. The monoisotopic (exact) mass is 329 g/mol. The molecular weight excluding hydrogens is 302 g/mol. The van der Waals surface area contributed by atoms with E-state index >= 15 is 0 Å². The Hall–Kier alpha value is -1.81. The van der Waals surface area contributed by atoms with E-state index in [1.54, 1.807) is 0 Å². The first-order chi connectivity index (χ1) is 11.7. The molecule has 1 atom stereocenters. The third-order valence-electron chi connectivity index (χ3n) is 5.27. The summed E-state index contributed by atoms with van der Waals surface area (Å²) in [6.45, 7) is 1.24. The van der Waals surface area contributed by atoms with Crippen LogP contribution in [-0.4, -0.2) is 36.3 Å². The Labute approximate surface area is 144 Å². The van der Waals surface area contributed by atoms with Crippen molar-refractivity contribution >= 4 is 6.09 Å². The number of rotatable bonds is 5. The first-order valence-electron chi connectivity index (χ1n) is 8.91. The van der Waals surface area contributed by atoms with E-state index in [1.807, 2.05) is 23.1 Å². The minimum atomic E-state index is -0.200. The zero-order chi connectivity index (χ0) is 16.8. The average molecular weight is 329 g/mol. The number of ether oxygens (including phenoxy) is 2. The Morgan fingerprint density at radius 1 is 1.25 bits per heavy atom. The van der Waals surface area contributed by atoms with Crippen LogP contribution in [-0.2, 0) is 16.1 Å². The highest BCUT2D eigenvalue weighted by atomic mass is 16.5. The van der Waals surface area contributed by atoms with Crippen LogP contribution in [0.4, 0.5) is 4.79 Å². The van der Waals surface area contributed by atoms with Gasteiger partial charge >= 0.3 is 6.09 Å². The summed E-state index contributed by atoms with van der Waals surface area (Å²) in [6.07, 6.45) is 10.5. The summed E-state index contributed by atoms with van der Waals surface area (Å²) >= 11 is 0. The molecule has 1 saturated carbocycles. The molecule has 24 heavy (non-hydrogen) atoms. The van der Waals surface area contributed by atoms with Gasteiger partial charge in [-0.25, -0.2) is 4.79 Å². The van der Waals surface area contributed by atoms with Crippen LogP contribution in [0.5, 0.6) is 0 Å². The second kappa shape index (κ2) is 7.84. The topological polar surface area (TPSA) is 38.8 Å². The smallest absolute Gasteiger partial charge is 0.410 e. The molecule has 1 aromatic rings. The van der Waals surface area contributed by atoms with E-state index in [2.05, 4.69) is 24.3 Å². The summed E-state index contributed by atoms with van der Waals surface area (Å²) in [6, 6.07) is 10.2. The van der Waals surface area contributed by atoms with E-state index in [0.29, 0.717) is 13.2 Å². The van der Waals surface area contributed by atoms with Crippen molar-refractivity contribution in [1.82, 2.24) is 4.90 Å². The SMILES string of the molecule is COC(=O)N1[C@@H](CCOCc2ccccc2)C=CCC12CCCC2. The maximum absolute atomic E-state index is 12.4. The molecular formula is C20H27NO3. The fourth-order valence-electron chi connectivity index (χ4n) is 4.08. The highest BCUT2D eigenvalue weighted by Gasteiger charge is 2.46. The number of benzene rings is 1. The normalized spacial score (nSPS) is 22.0. The summed E-state index contributed by atoms with van der Waals surface area (Å²) < 4.78 is 10.9. The van der Waals surface area contributed by atoms with Crippen LogP contribution in [0, 0.1) is 0 Å². The number of hydrogen-bond acceptors (Lipinski definition) is 3. The van der Waals surface area contributed by atoms with E-state index in [0.717, 1.165) is 25.7 Å². The van der Waals surface area contributed by atoms with Crippen molar-refractivity contribution in [2.75, 3.05) is 13.7 Å². The molecule has 0 N–H and O–H groups in total. The summed E-state index contributed by atoms with van der Waals surface area (Å²) in [5, 5.41) is 0. The van der Waals surface area contributed by atoms with Gasteiger partial charge in [0.15, 0.2) is 0 Å². The van der Waals surface area contributed by atoms with Crippen molar-refractivity contribution in [1.29, 1.82) is 0 Å². The standard InChI is InChI=1S/C20H27NO3/c1-23-19(22)21-18(10-7-14-20(21)12-5-6-13-20)11-15-24-16-17-8-3-2-4-9-17/h2-4,7-10,18H,5-6,11-16H2,1H3/t18-/m1/s1. The van der Waals surface area contributed by atoms with Crippen LogP contribution in [0.15, 0.2) is 42.5 Å².